The average molecular weight is 901 g/mol. The van der Waals surface area contributed by atoms with E-state index in [4.69, 9.17) is 0 Å². The second kappa shape index (κ2) is 16.6. The third kappa shape index (κ3) is 6.46. The molecule has 0 radical (unpaired) electrons. The Bertz CT molecular complexity index is 3620. The van der Waals surface area contributed by atoms with Gasteiger partial charge in [-0.05, 0) is 146 Å². The highest BCUT2D eigenvalue weighted by Crippen LogP contribution is 2.74. The third-order valence-electron chi connectivity index (χ3n) is 17.1. The fourth-order valence-corrected chi connectivity index (χ4v) is 13.6. The van der Waals surface area contributed by atoms with Crippen LogP contribution in [0.2, 0.25) is 0 Å². The van der Waals surface area contributed by atoms with Gasteiger partial charge in [0, 0.05) is 44.3 Å². The van der Waals surface area contributed by atoms with Gasteiger partial charge in [-0.1, -0.05) is 203 Å². The van der Waals surface area contributed by atoms with Crippen molar-refractivity contribution in [3.63, 3.8) is 0 Å². The first-order valence-corrected chi connectivity index (χ1v) is 25.2. The molecule has 10 aromatic carbocycles. The smallest absolute Gasteiger partial charge is 0.0620 e. The van der Waals surface area contributed by atoms with E-state index >= 15 is 0 Å². The van der Waals surface area contributed by atoms with E-state index in [-0.39, 0.29) is 10.8 Å². The minimum absolute atomic E-state index is 0.176. The van der Waals surface area contributed by atoms with Crippen molar-refractivity contribution >= 4 is 66.8 Å². The fourth-order valence-electron chi connectivity index (χ4n) is 13.6. The molecule has 4 atom stereocenters. The normalized spacial score (nSPS) is 19.8. The van der Waals surface area contributed by atoms with Gasteiger partial charge in [-0.25, -0.2) is 0 Å². The van der Waals surface area contributed by atoms with Crippen molar-refractivity contribution in [2.45, 2.75) is 33.6 Å². The largest absolute Gasteiger partial charge is 0.309 e. The Morgan fingerprint density at radius 3 is 1.26 bits per heavy atom. The Labute approximate surface area is 412 Å². The van der Waals surface area contributed by atoms with Crippen molar-refractivity contribution in [2.24, 2.45) is 28.6 Å². The molecule has 0 N–H and O–H groups in total. The summed E-state index contributed by atoms with van der Waals surface area (Å²) in [6.45, 7) is 7.79. The highest BCUT2D eigenvalue weighted by Gasteiger charge is 2.67. The van der Waals surface area contributed by atoms with Crippen LogP contribution in [0.4, 0.5) is 34.1 Å². The molecule has 4 unspecified atom stereocenters. The van der Waals surface area contributed by atoms with Crippen LogP contribution in [0, 0.1) is 28.6 Å². The first-order valence-electron chi connectivity index (χ1n) is 25.2. The van der Waals surface area contributed by atoms with Gasteiger partial charge in [0.2, 0.25) is 0 Å². The van der Waals surface area contributed by atoms with Crippen LogP contribution in [0.3, 0.4) is 0 Å². The lowest BCUT2D eigenvalue weighted by Gasteiger charge is -2.44. The predicted molar refractivity (Wildman–Crippen MR) is 295 cm³/mol. The average Bonchev–Trinajstić information content (AvgIpc) is 3.75. The van der Waals surface area contributed by atoms with E-state index in [0.717, 1.165) is 34.1 Å². The zero-order chi connectivity index (χ0) is 47.0. The quantitative estimate of drug-likeness (QED) is 0.105. The van der Waals surface area contributed by atoms with Gasteiger partial charge in [0.15, 0.2) is 0 Å². The van der Waals surface area contributed by atoms with Gasteiger partial charge < -0.3 is 9.80 Å². The topological polar surface area (TPSA) is 6.48 Å². The summed E-state index contributed by atoms with van der Waals surface area (Å²) in [5.41, 5.74) is 15.3. The van der Waals surface area contributed by atoms with E-state index in [2.05, 4.69) is 273 Å². The molecule has 3 aliphatic rings. The van der Waals surface area contributed by atoms with Crippen molar-refractivity contribution in [2.75, 3.05) is 9.80 Å². The monoisotopic (exact) mass is 900 g/mol. The summed E-state index contributed by atoms with van der Waals surface area (Å²) in [5, 5.41) is 7.48. The number of fused-ring (bicyclic) bond motifs is 8. The maximum absolute atomic E-state index is 2.62. The number of rotatable bonds is 9. The molecule has 0 heterocycles. The maximum atomic E-state index is 2.62. The van der Waals surface area contributed by atoms with Gasteiger partial charge in [-0.15, -0.1) is 0 Å². The van der Waals surface area contributed by atoms with Crippen molar-refractivity contribution < 1.29 is 0 Å². The van der Waals surface area contributed by atoms with Crippen LogP contribution in [0.25, 0.3) is 43.8 Å². The molecule has 0 spiro atoms. The predicted octanol–water partition coefficient (Wildman–Crippen LogP) is 16.7. The molecule has 3 aliphatic carbocycles. The summed E-state index contributed by atoms with van der Waals surface area (Å²) in [6.07, 6.45) is 2.53. The van der Waals surface area contributed by atoms with Gasteiger partial charge in [-0.3, -0.25) is 0 Å². The van der Waals surface area contributed by atoms with E-state index in [1.54, 1.807) is 0 Å². The zero-order valence-corrected chi connectivity index (χ0v) is 40.1. The van der Waals surface area contributed by atoms with Crippen molar-refractivity contribution in [1.29, 1.82) is 0 Å². The number of anilines is 6. The van der Waals surface area contributed by atoms with Crippen molar-refractivity contribution in [3.8, 4) is 11.1 Å². The minimum atomic E-state index is 0.176. The van der Waals surface area contributed by atoms with Crippen LogP contribution >= 0.6 is 0 Å². The van der Waals surface area contributed by atoms with Crippen LogP contribution in [-0.2, 0) is 0 Å². The molecule has 338 valence electrons. The second-order valence-corrected chi connectivity index (χ2v) is 20.6. The van der Waals surface area contributed by atoms with E-state index < -0.39 is 0 Å². The molecule has 10 aromatic rings. The lowest BCUT2D eigenvalue weighted by Crippen LogP contribution is -2.45. The maximum Gasteiger partial charge on any atom is 0.0620 e. The van der Waals surface area contributed by atoms with Crippen LogP contribution in [0.1, 0.15) is 44.7 Å². The third-order valence-corrected chi connectivity index (χ3v) is 17.1. The van der Waals surface area contributed by atoms with Crippen LogP contribution in [0.5, 0.6) is 0 Å². The molecule has 70 heavy (non-hydrogen) atoms. The van der Waals surface area contributed by atoms with Crippen LogP contribution < -0.4 is 20.2 Å². The highest BCUT2D eigenvalue weighted by atomic mass is 15.2. The summed E-state index contributed by atoms with van der Waals surface area (Å²) < 4.78 is 0. The number of para-hydroxylation sites is 4. The van der Waals surface area contributed by atoms with Gasteiger partial charge >= 0.3 is 0 Å². The minimum Gasteiger partial charge on any atom is -0.309 e. The van der Waals surface area contributed by atoms with Crippen molar-refractivity contribution in [1.82, 2.24) is 0 Å². The molecular weight excluding hydrogens is 845 g/mol. The van der Waals surface area contributed by atoms with Gasteiger partial charge in [-0.2, -0.15) is 0 Å². The van der Waals surface area contributed by atoms with Gasteiger partial charge in [0.25, 0.3) is 0 Å². The lowest BCUT2D eigenvalue weighted by atomic mass is 9.59. The van der Waals surface area contributed by atoms with Crippen LogP contribution in [-0.4, -0.2) is 0 Å². The zero-order valence-electron chi connectivity index (χ0n) is 40.1. The molecule has 2 fully saturated rings. The number of nitrogens with zero attached hydrogens (tertiary/aromatic N) is 2. The molecule has 2 bridgehead atoms. The van der Waals surface area contributed by atoms with E-state index in [1.807, 2.05) is 0 Å². The lowest BCUT2D eigenvalue weighted by molar-refractivity contribution is 0.126. The molecule has 0 aliphatic heterocycles. The second-order valence-electron chi connectivity index (χ2n) is 20.6. The summed E-state index contributed by atoms with van der Waals surface area (Å²) in [4.78, 5) is 4.93. The summed E-state index contributed by atoms with van der Waals surface area (Å²) >= 11 is 0. The van der Waals surface area contributed by atoms with Crippen molar-refractivity contribution in [3.05, 3.63) is 264 Å². The van der Waals surface area contributed by atoms with Gasteiger partial charge in [0.05, 0.1) is 11.4 Å². The SMILES string of the molecule is CC1(C)C2CCC1(C)C1C(c3ccccc3)=c3ccc(-c4ccc5c(N(c6ccccc6)c6ccccc6)c6ccccc6c(N(c6ccccc6)c6ccccc6)c5c4)cc3=C(c3ccccc3)C21. The number of benzene rings is 10. The highest BCUT2D eigenvalue weighted by molar-refractivity contribution is 6.24. The Balaban J connectivity index is 1.14. The fraction of sp³-hybridized carbons (Fsp3) is 0.147. The molecule has 2 saturated carbocycles. The molecule has 0 aromatic heterocycles. The van der Waals surface area contributed by atoms with Gasteiger partial charge in [0.1, 0.15) is 0 Å². The summed E-state index contributed by atoms with van der Waals surface area (Å²) in [5.74, 6) is 1.42. The van der Waals surface area contributed by atoms with E-state index in [1.165, 1.54) is 78.2 Å². The molecular formula is C68H56N2. The molecule has 0 saturated heterocycles. The standard InChI is InChI=1S/C68H56N2/c1-67(2)60-42-43-68(67,3)64-62(47-26-12-5-13-27-47)54-40-38-48(44-58(54)61(63(60)64)46-24-10-4-11-25-46)49-39-41-57-59(45-49)66(70(52-32-18-8-19-33-52)53-34-20-9-21-35-53)56-37-23-22-36-55(56)65(57)69(50-28-14-6-15-29-50)51-30-16-7-17-31-51/h4-41,44-45,60,63-64H,42-43H2,1-3H3. The number of hydrogen-bond donors (Lipinski definition) is 0. The van der Waals surface area contributed by atoms with E-state index in [9.17, 15) is 0 Å². The summed E-state index contributed by atoms with van der Waals surface area (Å²) in [7, 11) is 0. The Hall–Kier alpha value is -7.94. The molecule has 13 rings (SSSR count). The first kappa shape index (κ1) is 42.2. The number of hydrogen-bond acceptors (Lipinski definition) is 2. The Kier molecular flexibility index (Phi) is 10.0. The van der Waals surface area contributed by atoms with E-state index in [0.29, 0.717) is 17.8 Å². The van der Waals surface area contributed by atoms with Crippen LogP contribution in [0.15, 0.2) is 243 Å². The Morgan fingerprint density at radius 2 is 0.757 bits per heavy atom. The first-order chi connectivity index (χ1) is 34.4. The molecule has 2 nitrogen and oxygen atoms in total. The molecule has 2 heteroatoms. The summed E-state index contributed by atoms with van der Waals surface area (Å²) in [6, 6.07) is 90.0. The Morgan fingerprint density at radius 1 is 0.357 bits per heavy atom. The molecule has 0 amide bonds.